The summed E-state index contributed by atoms with van der Waals surface area (Å²) in [7, 11) is -1.72. The van der Waals surface area contributed by atoms with E-state index < -0.39 is 16.6 Å². The minimum atomic E-state index is -1.99. The van der Waals surface area contributed by atoms with E-state index in [0.29, 0.717) is 28.6 Å². The molecule has 0 unspecified atom stereocenters. The van der Waals surface area contributed by atoms with Crippen LogP contribution in [0.15, 0.2) is 12.7 Å². The molecule has 33 heavy (non-hydrogen) atoms. The van der Waals surface area contributed by atoms with Crippen LogP contribution in [-0.4, -0.2) is 57.4 Å². The van der Waals surface area contributed by atoms with Crippen molar-refractivity contribution in [3.8, 4) is 0 Å². The predicted molar refractivity (Wildman–Crippen MR) is 144 cm³/mol. The molecule has 1 fully saturated rings. The van der Waals surface area contributed by atoms with E-state index in [-0.39, 0.29) is 11.1 Å². The molecule has 0 aliphatic heterocycles. The van der Waals surface area contributed by atoms with Crippen LogP contribution in [0.5, 0.6) is 0 Å². The Hall–Kier alpha value is -0.836. The highest BCUT2D eigenvalue weighted by atomic mass is 28.4. The zero-order valence-corrected chi connectivity index (χ0v) is 25.3. The first-order valence-electron chi connectivity index (χ1n) is 12.8. The van der Waals surface area contributed by atoms with Gasteiger partial charge in [-0.1, -0.05) is 62.3 Å². The SMILES string of the molecule is CC(C)[Si](O[C@H]1C[C@H](N(C)c2ncncn2)C[C@@H]1CO[Si](C)(C)C(C)(C)C)(C(C)C)C(C)C. The molecule has 1 saturated carbocycles. The Morgan fingerprint density at radius 2 is 1.48 bits per heavy atom. The number of hydrogen-bond acceptors (Lipinski definition) is 6. The van der Waals surface area contributed by atoms with Crippen molar-refractivity contribution in [2.75, 3.05) is 18.6 Å². The topological polar surface area (TPSA) is 60.4 Å². The molecule has 0 aromatic carbocycles. The van der Waals surface area contributed by atoms with Crippen LogP contribution in [0.4, 0.5) is 5.95 Å². The normalized spacial score (nSPS) is 22.6. The smallest absolute Gasteiger partial charge is 0.228 e. The van der Waals surface area contributed by atoms with Gasteiger partial charge in [-0.2, -0.15) is 0 Å². The van der Waals surface area contributed by atoms with Crippen LogP contribution < -0.4 is 4.90 Å². The van der Waals surface area contributed by atoms with Gasteiger partial charge in [-0.15, -0.1) is 0 Å². The van der Waals surface area contributed by atoms with Gasteiger partial charge in [-0.25, -0.2) is 15.0 Å². The molecule has 2 rings (SSSR count). The fraction of sp³-hybridized carbons (Fsp3) is 0.880. The number of hydrogen-bond donors (Lipinski definition) is 0. The maximum Gasteiger partial charge on any atom is 0.228 e. The Bertz CT molecular complexity index is 716. The lowest BCUT2D eigenvalue weighted by molar-refractivity contribution is 0.0970. The average Bonchev–Trinajstić information content (AvgIpc) is 3.11. The van der Waals surface area contributed by atoms with Crippen molar-refractivity contribution >= 4 is 22.6 Å². The van der Waals surface area contributed by atoms with Crippen LogP contribution in [0.1, 0.15) is 75.2 Å². The number of aromatic nitrogens is 3. The van der Waals surface area contributed by atoms with Crippen LogP contribution in [0, 0.1) is 5.92 Å². The molecule has 6 nitrogen and oxygen atoms in total. The van der Waals surface area contributed by atoms with E-state index in [1.54, 1.807) is 12.7 Å². The van der Waals surface area contributed by atoms with Gasteiger partial charge in [0, 0.05) is 25.6 Å². The Kier molecular flexibility index (Phi) is 9.32. The third-order valence-electron chi connectivity index (χ3n) is 8.47. The van der Waals surface area contributed by atoms with Crippen molar-refractivity contribution in [2.45, 2.75) is 122 Å². The van der Waals surface area contributed by atoms with Crippen LogP contribution in [-0.2, 0) is 8.85 Å². The first-order valence-corrected chi connectivity index (χ1v) is 17.8. The van der Waals surface area contributed by atoms with Crippen molar-refractivity contribution < 1.29 is 8.85 Å². The van der Waals surface area contributed by atoms with E-state index in [4.69, 9.17) is 8.85 Å². The maximum absolute atomic E-state index is 7.36. The largest absolute Gasteiger partial charge is 0.416 e. The molecule has 1 aromatic rings. The van der Waals surface area contributed by atoms with Gasteiger partial charge in [-0.3, -0.25) is 0 Å². The third kappa shape index (κ3) is 6.24. The van der Waals surface area contributed by atoms with E-state index in [1.807, 2.05) is 0 Å². The monoisotopic (exact) mass is 494 g/mol. The Labute approximate surface area is 205 Å². The molecule has 0 spiro atoms. The summed E-state index contributed by atoms with van der Waals surface area (Å²) >= 11 is 0. The number of rotatable bonds is 10. The summed E-state index contributed by atoms with van der Waals surface area (Å²) in [6, 6.07) is 0.337. The summed E-state index contributed by atoms with van der Waals surface area (Å²) < 4.78 is 14.1. The van der Waals surface area contributed by atoms with Crippen molar-refractivity contribution in [3.63, 3.8) is 0 Å². The zero-order chi connectivity index (χ0) is 25.2. The molecule has 0 N–H and O–H groups in total. The standard InChI is InChI=1S/C25H50N4O2Si2/c1-18(2)33(19(3)4,20(5)6)31-23-14-22(29(10)24-27-16-26-17-28-24)13-21(23)15-30-32(11,12)25(7,8)9/h16-23H,13-15H2,1-12H3/t21-,22-,23+/m1/s1. The first kappa shape index (κ1) is 28.4. The van der Waals surface area contributed by atoms with Gasteiger partial charge < -0.3 is 13.8 Å². The molecular weight excluding hydrogens is 444 g/mol. The summed E-state index contributed by atoms with van der Waals surface area (Å²) in [5.41, 5.74) is 1.71. The van der Waals surface area contributed by atoms with Crippen LogP contribution in [0.3, 0.4) is 0 Å². The van der Waals surface area contributed by atoms with E-state index in [0.717, 1.165) is 25.4 Å². The minimum absolute atomic E-state index is 0.204. The van der Waals surface area contributed by atoms with Gasteiger partial charge in [0.25, 0.3) is 0 Å². The molecule has 1 aliphatic rings. The summed E-state index contributed by atoms with van der Waals surface area (Å²) in [5.74, 6) is 1.12. The van der Waals surface area contributed by atoms with E-state index in [9.17, 15) is 0 Å². The third-order valence-corrected chi connectivity index (χ3v) is 19.1. The molecule has 8 heteroatoms. The molecule has 0 radical (unpaired) electrons. The molecule has 1 heterocycles. The van der Waals surface area contributed by atoms with Crippen LogP contribution in [0.2, 0.25) is 34.8 Å². The Morgan fingerprint density at radius 3 is 1.94 bits per heavy atom. The van der Waals surface area contributed by atoms with Gasteiger partial charge in [0.1, 0.15) is 12.7 Å². The van der Waals surface area contributed by atoms with E-state index in [1.165, 1.54) is 0 Å². The van der Waals surface area contributed by atoms with Crippen molar-refractivity contribution in [1.29, 1.82) is 0 Å². The molecular formula is C25H50N4O2Si2. The fourth-order valence-corrected chi connectivity index (χ4v) is 12.2. The lowest BCUT2D eigenvalue weighted by Crippen LogP contribution is -2.51. The van der Waals surface area contributed by atoms with Gasteiger partial charge in [0.05, 0.1) is 6.10 Å². The second kappa shape index (κ2) is 10.8. The lowest BCUT2D eigenvalue weighted by atomic mass is 10.1. The van der Waals surface area contributed by atoms with Crippen molar-refractivity contribution in [2.24, 2.45) is 5.92 Å². The van der Waals surface area contributed by atoms with Gasteiger partial charge in [0.2, 0.25) is 14.3 Å². The van der Waals surface area contributed by atoms with Crippen molar-refractivity contribution in [1.82, 2.24) is 15.0 Å². The first-order chi connectivity index (χ1) is 15.1. The molecule has 0 bridgehead atoms. The highest BCUT2D eigenvalue weighted by Gasteiger charge is 2.50. The Balaban J connectivity index is 2.32. The quantitative estimate of drug-likeness (QED) is 0.339. The molecule has 1 aromatic heterocycles. The summed E-state index contributed by atoms with van der Waals surface area (Å²) in [5, 5.41) is 0.204. The summed E-state index contributed by atoms with van der Waals surface area (Å²) in [4.78, 5) is 15.0. The molecule has 1 aliphatic carbocycles. The highest BCUT2D eigenvalue weighted by Crippen LogP contribution is 2.47. The highest BCUT2D eigenvalue weighted by molar-refractivity contribution is 6.77. The summed E-state index contributed by atoms with van der Waals surface area (Å²) in [6.45, 7) is 26.6. The second-order valence-electron chi connectivity index (χ2n) is 12.5. The Morgan fingerprint density at radius 1 is 0.970 bits per heavy atom. The van der Waals surface area contributed by atoms with E-state index >= 15 is 0 Å². The number of nitrogens with zero attached hydrogens (tertiary/aromatic N) is 4. The fourth-order valence-electron chi connectivity index (χ4n) is 5.47. The average molecular weight is 495 g/mol. The summed E-state index contributed by atoms with van der Waals surface area (Å²) in [6.07, 6.45) is 5.40. The van der Waals surface area contributed by atoms with Gasteiger partial charge in [-0.05, 0) is 47.6 Å². The lowest BCUT2D eigenvalue weighted by Gasteiger charge is -2.45. The second-order valence-corrected chi connectivity index (χ2v) is 22.7. The minimum Gasteiger partial charge on any atom is -0.416 e. The maximum atomic E-state index is 7.36. The van der Waals surface area contributed by atoms with Crippen LogP contribution >= 0.6 is 0 Å². The van der Waals surface area contributed by atoms with E-state index in [2.05, 4.69) is 102 Å². The molecule has 190 valence electrons. The zero-order valence-electron chi connectivity index (χ0n) is 23.3. The van der Waals surface area contributed by atoms with Gasteiger partial charge >= 0.3 is 0 Å². The van der Waals surface area contributed by atoms with Crippen molar-refractivity contribution in [3.05, 3.63) is 12.7 Å². The number of anilines is 1. The molecule has 0 amide bonds. The molecule has 3 atom stereocenters. The van der Waals surface area contributed by atoms with Crippen LogP contribution in [0.25, 0.3) is 0 Å². The predicted octanol–water partition coefficient (Wildman–Crippen LogP) is 6.67. The van der Waals surface area contributed by atoms with Gasteiger partial charge in [0.15, 0.2) is 8.32 Å². The molecule has 0 saturated heterocycles.